The molecular formula is C30H30FN5OS. The molecule has 6 rings (SSSR count). The largest absolute Gasteiger partial charge is 0.378 e. The van der Waals surface area contributed by atoms with E-state index in [4.69, 9.17) is 17.0 Å². The van der Waals surface area contributed by atoms with Gasteiger partial charge in [0.1, 0.15) is 5.82 Å². The van der Waals surface area contributed by atoms with Crippen molar-refractivity contribution in [1.82, 2.24) is 14.9 Å². The number of thiocarbonyl (C=S) groups is 1. The topological polar surface area (TPSA) is 45.6 Å². The van der Waals surface area contributed by atoms with E-state index in [1.54, 1.807) is 12.1 Å². The third kappa shape index (κ3) is 4.44. The second-order valence-corrected chi connectivity index (χ2v) is 10.1. The van der Waals surface area contributed by atoms with E-state index in [1.165, 1.54) is 11.8 Å². The highest BCUT2D eigenvalue weighted by molar-refractivity contribution is 7.80. The summed E-state index contributed by atoms with van der Waals surface area (Å²) in [6.45, 7) is 7.41. The number of aromatic nitrogens is 2. The SMILES string of the molecule is Cc1cc(C2C(c3ccccn3)NC(=S)N2c2ccc(N3CCOCC3)cc2)c(C)n1-c1cccc(F)c1. The van der Waals surface area contributed by atoms with Gasteiger partial charge < -0.3 is 24.4 Å². The second-order valence-electron chi connectivity index (χ2n) is 9.75. The van der Waals surface area contributed by atoms with Gasteiger partial charge in [-0.15, -0.1) is 0 Å². The van der Waals surface area contributed by atoms with Crippen molar-refractivity contribution in [1.29, 1.82) is 0 Å². The van der Waals surface area contributed by atoms with Gasteiger partial charge in [0.15, 0.2) is 5.11 Å². The molecule has 2 saturated heterocycles. The molecular weight excluding hydrogens is 497 g/mol. The fraction of sp³-hybridized carbons (Fsp3) is 0.267. The first-order valence-corrected chi connectivity index (χ1v) is 13.3. The van der Waals surface area contributed by atoms with Crippen LogP contribution in [0.25, 0.3) is 5.69 Å². The van der Waals surface area contributed by atoms with Crippen LogP contribution in [0.5, 0.6) is 0 Å². The molecule has 0 radical (unpaired) electrons. The maximum absolute atomic E-state index is 14.1. The minimum atomic E-state index is -0.256. The molecule has 194 valence electrons. The molecule has 0 aliphatic carbocycles. The molecule has 38 heavy (non-hydrogen) atoms. The summed E-state index contributed by atoms with van der Waals surface area (Å²) in [5.74, 6) is -0.256. The molecule has 2 aromatic heterocycles. The van der Waals surface area contributed by atoms with Gasteiger partial charge in [-0.3, -0.25) is 4.98 Å². The van der Waals surface area contributed by atoms with Crippen molar-refractivity contribution in [2.75, 3.05) is 36.1 Å². The number of hydrogen-bond acceptors (Lipinski definition) is 4. The zero-order chi connectivity index (χ0) is 26.2. The number of ether oxygens (including phenoxy) is 1. The zero-order valence-corrected chi connectivity index (χ0v) is 22.3. The first-order chi connectivity index (χ1) is 18.5. The molecule has 0 bridgehead atoms. The van der Waals surface area contributed by atoms with Gasteiger partial charge in [-0.1, -0.05) is 12.1 Å². The summed E-state index contributed by atoms with van der Waals surface area (Å²) in [5, 5.41) is 4.20. The highest BCUT2D eigenvalue weighted by Crippen LogP contribution is 2.44. The smallest absolute Gasteiger partial charge is 0.174 e. The predicted molar refractivity (Wildman–Crippen MR) is 153 cm³/mol. The van der Waals surface area contributed by atoms with E-state index < -0.39 is 0 Å². The minimum absolute atomic E-state index is 0.139. The van der Waals surface area contributed by atoms with Crippen LogP contribution in [0.15, 0.2) is 79.0 Å². The Morgan fingerprint density at radius 3 is 2.39 bits per heavy atom. The molecule has 2 aliphatic heterocycles. The maximum atomic E-state index is 14.1. The van der Waals surface area contributed by atoms with Gasteiger partial charge in [0, 0.05) is 47.7 Å². The Bertz CT molecular complexity index is 1450. The summed E-state index contributed by atoms with van der Waals surface area (Å²) in [4.78, 5) is 9.21. The predicted octanol–water partition coefficient (Wildman–Crippen LogP) is 5.64. The minimum Gasteiger partial charge on any atom is -0.378 e. The monoisotopic (exact) mass is 527 g/mol. The Balaban J connectivity index is 1.43. The highest BCUT2D eigenvalue weighted by atomic mass is 32.1. The molecule has 4 heterocycles. The molecule has 2 atom stereocenters. The summed E-state index contributed by atoms with van der Waals surface area (Å²) in [7, 11) is 0. The molecule has 4 aromatic rings. The number of aryl methyl sites for hydroxylation is 1. The lowest BCUT2D eigenvalue weighted by Gasteiger charge is -2.31. The second kappa shape index (κ2) is 10.2. The van der Waals surface area contributed by atoms with E-state index in [0.29, 0.717) is 5.11 Å². The van der Waals surface area contributed by atoms with Crippen LogP contribution in [0.1, 0.15) is 34.7 Å². The highest BCUT2D eigenvalue weighted by Gasteiger charge is 2.42. The van der Waals surface area contributed by atoms with E-state index in [2.05, 4.69) is 68.8 Å². The zero-order valence-electron chi connectivity index (χ0n) is 21.5. The third-order valence-electron chi connectivity index (χ3n) is 7.46. The lowest BCUT2D eigenvalue weighted by Crippen LogP contribution is -2.36. The molecule has 0 amide bonds. The Hall–Kier alpha value is -3.75. The van der Waals surface area contributed by atoms with Crippen molar-refractivity contribution >= 4 is 28.7 Å². The quantitative estimate of drug-likeness (QED) is 0.339. The normalized spacial score (nSPS) is 19.6. The van der Waals surface area contributed by atoms with Crippen LogP contribution in [0.2, 0.25) is 0 Å². The van der Waals surface area contributed by atoms with E-state index >= 15 is 0 Å². The number of nitrogens with one attached hydrogen (secondary N) is 1. The Kier molecular flexibility index (Phi) is 6.59. The van der Waals surface area contributed by atoms with Crippen molar-refractivity contribution < 1.29 is 9.13 Å². The van der Waals surface area contributed by atoms with Crippen molar-refractivity contribution in [2.24, 2.45) is 0 Å². The molecule has 2 aliphatic rings. The van der Waals surface area contributed by atoms with Crippen LogP contribution >= 0.6 is 12.2 Å². The van der Waals surface area contributed by atoms with Crippen LogP contribution < -0.4 is 15.1 Å². The number of nitrogens with zero attached hydrogens (tertiary/aromatic N) is 4. The Morgan fingerprint density at radius 1 is 0.921 bits per heavy atom. The van der Waals surface area contributed by atoms with Gasteiger partial charge in [0.25, 0.3) is 0 Å². The number of hydrogen-bond donors (Lipinski definition) is 1. The number of morpholine rings is 1. The van der Waals surface area contributed by atoms with Gasteiger partial charge in [-0.2, -0.15) is 0 Å². The summed E-state index contributed by atoms with van der Waals surface area (Å²) in [6.07, 6.45) is 1.81. The van der Waals surface area contributed by atoms with Gasteiger partial charge in [0.05, 0.1) is 31.0 Å². The number of rotatable bonds is 5. The molecule has 2 aromatic carbocycles. The van der Waals surface area contributed by atoms with Crippen molar-refractivity contribution in [3.8, 4) is 5.69 Å². The van der Waals surface area contributed by atoms with Gasteiger partial charge >= 0.3 is 0 Å². The fourth-order valence-corrected chi connectivity index (χ4v) is 6.04. The van der Waals surface area contributed by atoms with Crippen molar-refractivity contribution in [2.45, 2.75) is 25.9 Å². The van der Waals surface area contributed by atoms with Crippen LogP contribution in [0.3, 0.4) is 0 Å². The fourth-order valence-electron chi connectivity index (χ4n) is 5.69. The lowest BCUT2D eigenvalue weighted by atomic mass is 9.96. The van der Waals surface area contributed by atoms with Gasteiger partial charge in [-0.05, 0) is 92.3 Å². The standard InChI is InChI=1S/C30H30FN5OS/c1-20-18-26(21(2)35(20)25-7-5-6-22(31)19-25)29-28(27-8-3-4-13-32-27)33-30(38)36(29)24-11-9-23(10-12-24)34-14-16-37-17-15-34/h3-13,18-19,28-29H,14-17H2,1-2H3,(H,33,38). The van der Waals surface area contributed by atoms with Gasteiger partial charge in [-0.25, -0.2) is 4.39 Å². The molecule has 0 saturated carbocycles. The molecule has 0 spiro atoms. The summed E-state index contributed by atoms with van der Waals surface area (Å²) >= 11 is 5.93. The van der Waals surface area contributed by atoms with Crippen LogP contribution in [0, 0.1) is 19.7 Å². The maximum Gasteiger partial charge on any atom is 0.174 e. The average Bonchev–Trinajstić information content (AvgIpc) is 3.44. The summed E-state index contributed by atoms with van der Waals surface area (Å²) in [6, 6.07) is 23.2. The molecule has 8 heteroatoms. The first-order valence-electron chi connectivity index (χ1n) is 12.9. The van der Waals surface area contributed by atoms with Crippen molar-refractivity contribution in [3.63, 3.8) is 0 Å². The van der Waals surface area contributed by atoms with E-state index in [1.807, 2.05) is 30.5 Å². The average molecular weight is 528 g/mol. The lowest BCUT2D eigenvalue weighted by molar-refractivity contribution is 0.122. The summed E-state index contributed by atoms with van der Waals surface area (Å²) < 4.78 is 21.8. The third-order valence-corrected chi connectivity index (χ3v) is 7.77. The van der Waals surface area contributed by atoms with Crippen LogP contribution in [-0.2, 0) is 4.74 Å². The summed E-state index contributed by atoms with van der Waals surface area (Å²) in [5.41, 5.74) is 7.10. The number of anilines is 2. The number of benzene rings is 2. The molecule has 1 N–H and O–H groups in total. The molecule has 2 unspecified atom stereocenters. The van der Waals surface area contributed by atoms with Gasteiger partial charge in [0.2, 0.25) is 0 Å². The van der Waals surface area contributed by atoms with Crippen LogP contribution in [0.4, 0.5) is 15.8 Å². The van der Waals surface area contributed by atoms with E-state index in [0.717, 1.165) is 60.3 Å². The van der Waals surface area contributed by atoms with E-state index in [-0.39, 0.29) is 17.9 Å². The number of halogens is 1. The molecule has 6 nitrogen and oxygen atoms in total. The Morgan fingerprint density at radius 2 is 1.68 bits per heavy atom. The van der Waals surface area contributed by atoms with Crippen LogP contribution in [-0.4, -0.2) is 41.0 Å². The number of pyridine rings is 1. The Labute approximate surface area is 227 Å². The molecule has 2 fully saturated rings. The van der Waals surface area contributed by atoms with E-state index in [9.17, 15) is 4.39 Å². The van der Waals surface area contributed by atoms with Crippen molar-refractivity contribution in [3.05, 3.63) is 107 Å². The first kappa shape index (κ1) is 24.6.